The van der Waals surface area contributed by atoms with Crippen LogP contribution in [0.15, 0.2) is 84.9 Å². The van der Waals surface area contributed by atoms with E-state index in [1.807, 2.05) is 36.4 Å². The standard InChI is InChI=1S/C27H22O/c1-20-10-12-23(13-11-20)17-26-18-25-16-22(14-15-24(25)19-27(26)28)9-5-8-21-6-3-2-4-7-21/h2-4,6-7,10-16,18-19,28H,8,17H2,1H3. The molecule has 1 heteroatoms. The Morgan fingerprint density at radius 1 is 0.750 bits per heavy atom. The highest BCUT2D eigenvalue weighted by Crippen LogP contribution is 2.28. The fourth-order valence-electron chi connectivity index (χ4n) is 3.32. The minimum absolute atomic E-state index is 0.344. The molecule has 0 aromatic heterocycles. The van der Waals surface area contributed by atoms with Crippen LogP contribution in [-0.4, -0.2) is 5.11 Å². The van der Waals surface area contributed by atoms with Gasteiger partial charge in [-0.15, -0.1) is 0 Å². The zero-order valence-electron chi connectivity index (χ0n) is 15.9. The lowest BCUT2D eigenvalue weighted by Crippen LogP contribution is -1.90. The summed E-state index contributed by atoms with van der Waals surface area (Å²) in [5, 5.41) is 12.6. The molecule has 0 amide bonds. The molecule has 0 saturated carbocycles. The van der Waals surface area contributed by atoms with E-state index < -0.39 is 0 Å². The van der Waals surface area contributed by atoms with E-state index >= 15 is 0 Å². The van der Waals surface area contributed by atoms with Crippen molar-refractivity contribution in [3.63, 3.8) is 0 Å². The van der Waals surface area contributed by atoms with Crippen LogP contribution in [0.1, 0.15) is 27.8 Å². The Bertz CT molecular complexity index is 1160. The molecule has 4 aromatic rings. The smallest absolute Gasteiger partial charge is 0.119 e. The van der Waals surface area contributed by atoms with Gasteiger partial charge in [0.25, 0.3) is 0 Å². The first-order valence-electron chi connectivity index (χ1n) is 9.51. The molecule has 0 atom stereocenters. The van der Waals surface area contributed by atoms with Crippen LogP contribution in [0, 0.1) is 18.8 Å². The topological polar surface area (TPSA) is 20.2 Å². The van der Waals surface area contributed by atoms with Crippen molar-refractivity contribution >= 4 is 10.8 Å². The van der Waals surface area contributed by atoms with Crippen LogP contribution in [0.4, 0.5) is 0 Å². The zero-order chi connectivity index (χ0) is 19.3. The van der Waals surface area contributed by atoms with Crippen molar-refractivity contribution < 1.29 is 5.11 Å². The number of phenolic OH excluding ortho intramolecular Hbond substituents is 1. The molecule has 0 aliphatic rings. The van der Waals surface area contributed by atoms with Crippen molar-refractivity contribution in [2.24, 2.45) is 0 Å². The third kappa shape index (κ3) is 4.24. The highest BCUT2D eigenvalue weighted by molar-refractivity contribution is 5.86. The molecule has 136 valence electrons. The maximum Gasteiger partial charge on any atom is 0.119 e. The monoisotopic (exact) mass is 362 g/mol. The molecular formula is C27H22O. The summed E-state index contributed by atoms with van der Waals surface area (Å²) in [6.45, 7) is 2.08. The van der Waals surface area contributed by atoms with E-state index in [-0.39, 0.29) is 0 Å². The summed E-state index contributed by atoms with van der Waals surface area (Å²) < 4.78 is 0. The summed E-state index contributed by atoms with van der Waals surface area (Å²) in [5.74, 6) is 6.86. The van der Waals surface area contributed by atoms with Gasteiger partial charge in [0, 0.05) is 18.4 Å². The molecule has 0 bridgehead atoms. The van der Waals surface area contributed by atoms with Gasteiger partial charge in [-0.1, -0.05) is 78.1 Å². The lowest BCUT2D eigenvalue weighted by Gasteiger charge is -2.08. The zero-order valence-corrected chi connectivity index (χ0v) is 15.9. The molecule has 1 N–H and O–H groups in total. The lowest BCUT2D eigenvalue weighted by atomic mass is 9.98. The molecular weight excluding hydrogens is 340 g/mol. The van der Waals surface area contributed by atoms with E-state index in [2.05, 4.69) is 67.3 Å². The van der Waals surface area contributed by atoms with Gasteiger partial charge in [-0.05, 0) is 58.7 Å². The van der Waals surface area contributed by atoms with Crippen LogP contribution in [-0.2, 0) is 12.8 Å². The minimum atomic E-state index is 0.344. The first-order chi connectivity index (χ1) is 13.7. The quantitative estimate of drug-likeness (QED) is 0.441. The first-order valence-corrected chi connectivity index (χ1v) is 9.51. The lowest BCUT2D eigenvalue weighted by molar-refractivity contribution is 0.470. The van der Waals surface area contributed by atoms with E-state index in [0.717, 1.165) is 28.3 Å². The van der Waals surface area contributed by atoms with Crippen LogP contribution in [0.25, 0.3) is 10.8 Å². The maximum absolute atomic E-state index is 10.4. The molecule has 28 heavy (non-hydrogen) atoms. The van der Waals surface area contributed by atoms with Gasteiger partial charge in [-0.25, -0.2) is 0 Å². The number of fused-ring (bicyclic) bond motifs is 1. The summed E-state index contributed by atoms with van der Waals surface area (Å²) in [6, 6.07) is 28.8. The van der Waals surface area contributed by atoms with Crippen LogP contribution in [0.2, 0.25) is 0 Å². The molecule has 0 aliphatic carbocycles. The predicted molar refractivity (Wildman–Crippen MR) is 117 cm³/mol. The molecule has 0 fully saturated rings. The molecule has 4 aromatic carbocycles. The van der Waals surface area contributed by atoms with E-state index in [1.165, 1.54) is 16.7 Å². The van der Waals surface area contributed by atoms with Gasteiger partial charge < -0.3 is 5.11 Å². The second-order valence-corrected chi connectivity index (χ2v) is 7.17. The van der Waals surface area contributed by atoms with Gasteiger partial charge in [0.1, 0.15) is 5.75 Å². The van der Waals surface area contributed by atoms with Gasteiger partial charge in [0.05, 0.1) is 0 Å². The van der Waals surface area contributed by atoms with Gasteiger partial charge in [-0.3, -0.25) is 0 Å². The normalized spacial score (nSPS) is 10.5. The van der Waals surface area contributed by atoms with Crippen molar-refractivity contribution in [2.45, 2.75) is 19.8 Å². The SMILES string of the molecule is Cc1ccc(Cc2cc3cc(C#CCc4ccccc4)ccc3cc2O)cc1. The summed E-state index contributed by atoms with van der Waals surface area (Å²) in [5.41, 5.74) is 5.59. The number of rotatable bonds is 3. The van der Waals surface area contributed by atoms with E-state index in [1.54, 1.807) is 0 Å². The third-order valence-corrected chi connectivity index (χ3v) is 4.92. The van der Waals surface area contributed by atoms with Crippen molar-refractivity contribution in [1.29, 1.82) is 0 Å². The molecule has 0 radical (unpaired) electrons. The summed E-state index contributed by atoms with van der Waals surface area (Å²) in [7, 11) is 0. The summed E-state index contributed by atoms with van der Waals surface area (Å²) in [4.78, 5) is 0. The van der Waals surface area contributed by atoms with E-state index in [9.17, 15) is 5.11 Å². The molecule has 0 saturated heterocycles. The number of hydrogen-bond donors (Lipinski definition) is 1. The predicted octanol–water partition coefficient (Wildman–Crippen LogP) is 6.04. The Morgan fingerprint density at radius 3 is 2.32 bits per heavy atom. The number of hydrogen-bond acceptors (Lipinski definition) is 1. The molecule has 4 rings (SSSR count). The summed E-state index contributed by atoms with van der Waals surface area (Å²) in [6.07, 6.45) is 1.46. The van der Waals surface area contributed by atoms with Crippen LogP contribution < -0.4 is 0 Å². The van der Waals surface area contributed by atoms with Gasteiger partial charge in [-0.2, -0.15) is 0 Å². The number of aryl methyl sites for hydroxylation is 1. The van der Waals surface area contributed by atoms with Crippen molar-refractivity contribution in [3.05, 3.63) is 113 Å². The maximum atomic E-state index is 10.4. The molecule has 0 aliphatic heterocycles. The van der Waals surface area contributed by atoms with Gasteiger partial charge in [0.15, 0.2) is 0 Å². The number of phenols is 1. The van der Waals surface area contributed by atoms with Gasteiger partial charge in [0.2, 0.25) is 0 Å². The average molecular weight is 362 g/mol. The Balaban J connectivity index is 1.59. The van der Waals surface area contributed by atoms with Gasteiger partial charge >= 0.3 is 0 Å². The Hall–Kier alpha value is -3.50. The van der Waals surface area contributed by atoms with Crippen molar-refractivity contribution in [1.82, 2.24) is 0 Å². The van der Waals surface area contributed by atoms with Crippen molar-refractivity contribution in [3.8, 4) is 17.6 Å². The fourth-order valence-corrected chi connectivity index (χ4v) is 3.32. The number of benzene rings is 4. The largest absolute Gasteiger partial charge is 0.508 e. The molecule has 0 unspecified atom stereocenters. The Labute approximate surface area is 166 Å². The average Bonchev–Trinajstić information content (AvgIpc) is 2.71. The molecule has 0 spiro atoms. The van der Waals surface area contributed by atoms with E-state index in [4.69, 9.17) is 0 Å². The van der Waals surface area contributed by atoms with Crippen molar-refractivity contribution in [2.75, 3.05) is 0 Å². The number of aromatic hydroxyl groups is 1. The Morgan fingerprint density at radius 2 is 1.54 bits per heavy atom. The fraction of sp³-hybridized carbons (Fsp3) is 0.111. The minimum Gasteiger partial charge on any atom is -0.508 e. The van der Waals surface area contributed by atoms with E-state index in [0.29, 0.717) is 12.2 Å². The van der Waals surface area contributed by atoms with Crippen LogP contribution in [0.3, 0.4) is 0 Å². The second kappa shape index (κ2) is 8.03. The van der Waals surface area contributed by atoms with Crippen LogP contribution >= 0.6 is 0 Å². The first kappa shape index (κ1) is 17.9. The summed E-state index contributed by atoms with van der Waals surface area (Å²) >= 11 is 0. The Kier molecular flexibility index (Phi) is 5.13. The second-order valence-electron chi connectivity index (χ2n) is 7.17. The molecule has 0 heterocycles. The highest BCUT2D eigenvalue weighted by atomic mass is 16.3. The van der Waals surface area contributed by atoms with Crippen LogP contribution in [0.5, 0.6) is 5.75 Å². The molecule has 1 nitrogen and oxygen atoms in total. The third-order valence-electron chi connectivity index (χ3n) is 4.92. The highest BCUT2D eigenvalue weighted by Gasteiger charge is 2.06.